The number of nitrogens with zero attached hydrogens (tertiary/aromatic N) is 2. The van der Waals surface area contributed by atoms with Crippen molar-refractivity contribution in [1.29, 1.82) is 0 Å². The molecule has 2 aromatic carbocycles. The molecular formula is C26H28N2O2S. The molecule has 160 valence electrons. The van der Waals surface area contributed by atoms with Crippen LogP contribution in [0.25, 0.3) is 10.2 Å². The van der Waals surface area contributed by atoms with Crippen LogP contribution in [0.4, 0.5) is 5.13 Å². The fourth-order valence-corrected chi connectivity index (χ4v) is 4.59. The van der Waals surface area contributed by atoms with Crippen molar-refractivity contribution in [3.63, 3.8) is 0 Å². The maximum Gasteiger partial charge on any atom is 0.260 e. The Bertz CT molecular complexity index is 1180. The van der Waals surface area contributed by atoms with Crippen molar-refractivity contribution in [3.05, 3.63) is 83.3 Å². The fourth-order valence-electron chi connectivity index (χ4n) is 3.59. The number of amides is 1. The number of fused-ring (bicyclic) bond motifs is 1. The molecule has 1 amide bonds. The fraction of sp³-hybridized carbons (Fsp3) is 0.308. The summed E-state index contributed by atoms with van der Waals surface area (Å²) in [6, 6.07) is 17.8. The summed E-state index contributed by atoms with van der Waals surface area (Å²) < 4.78 is 6.64. The molecule has 0 N–H and O–H groups in total. The minimum absolute atomic E-state index is 0.0374. The van der Waals surface area contributed by atoms with Crippen LogP contribution in [-0.2, 0) is 12.0 Å². The summed E-state index contributed by atoms with van der Waals surface area (Å²) in [5.41, 5.74) is 4.04. The van der Waals surface area contributed by atoms with Gasteiger partial charge >= 0.3 is 0 Å². The van der Waals surface area contributed by atoms with Gasteiger partial charge in [-0.1, -0.05) is 70.2 Å². The molecule has 0 aliphatic rings. The summed E-state index contributed by atoms with van der Waals surface area (Å²) in [4.78, 5) is 20.2. The lowest BCUT2D eigenvalue weighted by Crippen LogP contribution is -2.30. The van der Waals surface area contributed by atoms with Crippen LogP contribution in [0.2, 0.25) is 0 Å². The van der Waals surface area contributed by atoms with Crippen LogP contribution in [0, 0.1) is 0 Å². The average molecular weight is 433 g/mol. The first-order valence-electron chi connectivity index (χ1n) is 10.6. The van der Waals surface area contributed by atoms with Crippen molar-refractivity contribution >= 4 is 32.6 Å². The lowest BCUT2D eigenvalue weighted by Gasteiger charge is -2.21. The summed E-state index contributed by atoms with van der Waals surface area (Å²) in [6.45, 7) is 11.2. The molecule has 0 spiro atoms. The van der Waals surface area contributed by atoms with E-state index in [0.717, 1.165) is 16.0 Å². The number of aromatic nitrogens is 1. The number of furan rings is 1. The largest absolute Gasteiger partial charge is 0.467 e. The quantitative estimate of drug-likeness (QED) is 0.336. The zero-order valence-electron chi connectivity index (χ0n) is 18.7. The number of para-hydroxylation sites is 1. The Morgan fingerprint density at radius 1 is 1.06 bits per heavy atom. The highest BCUT2D eigenvalue weighted by atomic mass is 32.1. The third-order valence-corrected chi connectivity index (χ3v) is 6.47. The van der Waals surface area contributed by atoms with E-state index in [1.807, 2.05) is 36.4 Å². The maximum atomic E-state index is 13.6. The van der Waals surface area contributed by atoms with E-state index in [9.17, 15) is 4.79 Å². The molecule has 0 fully saturated rings. The molecule has 0 unspecified atom stereocenters. The van der Waals surface area contributed by atoms with Crippen molar-refractivity contribution in [2.24, 2.45) is 0 Å². The van der Waals surface area contributed by atoms with Gasteiger partial charge < -0.3 is 4.42 Å². The topological polar surface area (TPSA) is 46.3 Å². The number of hydrogen-bond acceptors (Lipinski definition) is 4. The van der Waals surface area contributed by atoms with Crippen LogP contribution in [0.1, 0.15) is 67.8 Å². The molecule has 4 aromatic rings. The molecule has 0 aliphatic heterocycles. The molecule has 2 aromatic heterocycles. The highest BCUT2D eigenvalue weighted by Gasteiger charge is 2.24. The third-order valence-electron chi connectivity index (χ3n) is 5.43. The molecule has 5 heteroatoms. The second-order valence-electron chi connectivity index (χ2n) is 9.14. The molecule has 0 saturated heterocycles. The number of carbonyl (C=O) groups is 1. The molecule has 0 saturated carbocycles. The summed E-state index contributed by atoms with van der Waals surface area (Å²) in [5.74, 6) is 1.00. The van der Waals surface area contributed by atoms with Gasteiger partial charge in [-0.15, -0.1) is 0 Å². The second kappa shape index (κ2) is 8.31. The van der Waals surface area contributed by atoms with Gasteiger partial charge in [-0.3, -0.25) is 9.69 Å². The van der Waals surface area contributed by atoms with E-state index in [0.29, 0.717) is 23.2 Å². The number of hydrogen-bond donors (Lipinski definition) is 0. The molecule has 2 heterocycles. The van der Waals surface area contributed by atoms with Crippen molar-refractivity contribution in [1.82, 2.24) is 4.98 Å². The normalized spacial score (nSPS) is 11.9. The first kappa shape index (κ1) is 21.3. The number of carbonyl (C=O) groups excluding carboxylic acids is 1. The van der Waals surface area contributed by atoms with Gasteiger partial charge in [-0.05, 0) is 52.8 Å². The Morgan fingerprint density at radius 3 is 2.42 bits per heavy atom. The lowest BCUT2D eigenvalue weighted by atomic mass is 9.86. The molecule has 0 bridgehead atoms. The number of thiazole rings is 1. The van der Waals surface area contributed by atoms with Crippen molar-refractivity contribution in [2.75, 3.05) is 4.90 Å². The Hall–Kier alpha value is -2.92. The van der Waals surface area contributed by atoms with Gasteiger partial charge in [0.1, 0.15) is 5.76 Å². The molecule has 4 nitrogen and oxygen atoms in total. The van der Waals surface area contributed by atoms with Crippen LogP contribution >= 0.6 is 11.3 Å². The van der Waals surface area contributed by atoms with Gasteiger partial charge in [0, 0.05) is 5.56 Å². The van der Waals surface area contributed by atoms with E-state index in [4.69, 9.17) is 9.40 Å². The minimum Gasteiger partial charge on any atom is -0.467 e. The minimum atomic E-state index is -0.0815. The van der Waals surface area contributed by atoms with Crippen LogP contribution in [-0.4, -0.2) is 10.9 Å². The molecule has 31 heavy (non-hydrogen) atoms. The standard InChI is InChI=1S/C26H28N2O2S/c1-17(2)21-9-6-10-22-23(21)27-25(31-22)28(16-20-8-7-15-30-20)24(29)18-11-13-19(14-12-18)26(3,4)5/h6-15,17H,16H2,1-5H3. The summed E-state index contributed by atoms with van der Waals surface area (Å²) in [6.07, 6.45) is 1.63. The zero-order chi connectivity index (χ0) is 22.2. The Morgan fingerprint density at radius 2 is 1.81 bits per heavy atom. The predicted octanol–water partition coefficient (Wildman–Crippen LogP) is 7.16. The average Bonchev–Trinajstić information content (AvgIpc) is 3.40. The first-order chi connectivity index (χ1) is 14.7. The molecular weight excluding hydrogens is 404 g/mol. The van der Waals surface area contributed by atoms with Crippen LogP contribution in [0.3, 0.4) is 0 Å². The monoisotopic (exact) mass is 432 g/mol. The highest BCUT2D eigenvalue weighted by molar-refractivity contribution is 7.22. The number of anilines is 1. The highest BCUT2D eigenvalue weighted by Crippen LogP contribution is 2.35. The molecule has 0 atom stereocenters. The Kier molecular flexibility index (Phi) is 5.71. The van der Waals surface area contributed by atoms with Crippen molar-refractivity contribution in [3.8, 4) is 0 Å². The molecule has 0 radical (unpaired) electrons. The van der Waals surface area contributed by atoms with E-state index >= 15 is 0 Å². The summed E-state index contributed by atoms with van der Waals surface area (Å²) in [7, 11) is 0. The zero-order valence-corrected chi connectivity index (χ0v) is 19.5. The van der Waals surface area contributed by atoms with E-state index in [1.54, 1.807) is 22.5 Å². The van der Waals surface area contributed by atoms with E-state index in [2.05, 4.69) is 52.8 Å². The van der Waals surface area contributed by atoms with Crippen molar-refractivity contribution < 1.29 is 9.21 Å². The third kappa shape index (κ3) is 4.42. The first-order valence-corrected chi connectivity index (χ1v) is 11.4. The maximum absolute atomic E-state index is 13.6. The second-order valence-corrected chi connectivity index (χ2v) is 10.2. The number of rotatable bonds is 5. The SMILES string of the molecule is CC(C)c1cccc2sc(N(Cc3ccco3)C(=O)c3ccc(C(C)(C)C)cc3)nc12. The Balaban J connectivity index is 1.75. The predicted molar refractivity (Wildman–Crippen MR) is 128 cm³/mol. The van der Waals surface area contributed by atoms with Gasteiger partial charge in [0.05, 0.1) is 23.0 Å². The molecule has 0 aliphatic carbocycles. The molecule has 4 rings (SSSR count). The van der Waals surface area contributed by atoms with Crippen LogP contribution in [0.5, 0.6) is 0 Å². The van der Waals surface area contributed by atoms with Crippen LogP contribution < -0.4 is 4.90 Å². The smallest absolute Gasteiger partial charge is 0.260 e. The van der Waals surface area contributed by atoms with Gasteiger partial charge in [-0.25, -0.2) is 4.98 Å². The van der Waals surface area contributed by atoms with E-state index < -0.39 is 0 Å². The van der Waals surface area contributed by atoms with Gasteiger partial charge in [0.15, 0.2) is 5.13 Å². The van der Waals surface area contributed by atoms with Crippen LogP contribution in [0.15, 0.2) is 65.3 Å². The van der Waals surface area contributed by atoms with E-state index in [-0.39, 0.29) is 11.3 Å². The van der Waals surface area contributed by atoms with Crippen molar-refractivity contribution in [2.45, 2.75) is 52.5 Å². The number of benzene rings is 2. The van der Waals surface area contributed by atoms with Gasteiger partial charge in [-0.2, -0.15) is 0 Å². The lowest BCUT2D eigenvalue weighted by molar-refractivity contribution is 0.0983. The summed E-state index contributed by atoms with van der Waals surface area (Å²) >= 11 is 1.54. The van der Waals surface area contributed by atoms with Gasteiger partial charge in [0.25, 0.3) is 5.91 Å². The summed E-state index contributed by atoms with van der Waals surface area (Å²) in [5, 5.41) is 0.685. The Labute approximate surface area is 187 Å². The van der Waals surface area contributed by atoms with E-state index in [1.165, 1.54) is 11.1 Å². The van der Waals surface area contributed by atoms with Gasteiger partial charge in [0.2, 0.25) is 0 Å².